The van der Waals surface area contributed by atoms with E-state index >= 15 is 0 Å². The molecule has 106 valence electrons. The summed E-state index contributed by atoms with van der Waals surface area (Å²) in [5.41, 5.74) is 2.63. The zero-order chi connectivity index (χ0) is 13.5. The standard InChI is InChI=1S/C17H27NO/c1-14(2)18-12-16-7-4-8-17(11-16)13-19-10-9-15-5-3-6-15/h4,7-8,11,14-15,18H,3,5-6,9-10,12-13H2,1-2H3. The third-order valence-electron chi connectivity index (χ3n) is 3.87. The van der Waals surface area contributed by atoms with E-state index in [1.807, 2.05) is 0 Å². The first kappa shape index (κ1) is 14.5. The molecule has 0 radical (unpaired) electrons. The molecular formula is C17H27NO. The number of nitrogens with one attached hydrogen (secondary N) is 1. The highest BCUT2D eigenvalue weighted by molar-refractivity contribution is 5.22. The van der Waals surface area contributed by atoms with Crippen molar-refractivity contribution in [3.05, 3.63) is 35.4 Å². The molecule has 2 heteroatoms. The molecule has 2 rings (SSSR count). The maximum Gasteiger partial charge on any atom is 0.0716 e. The van der Waals surface area contributed by atoms with E-state index in [1.54, 1.807) is 0 Å². The van der Waals surface area contributed by atoms with Gasteiger partial charge in [0.05, 0.1) is 6.61 Å². The summed E-state index contributed by atoms with van der Waals surface area (Å²) in [6, 6.07) is 9.23. The molecule has 0 atom stereocenters. The van der Waals surface area contributed by atoms with E-state index in [4.69, 9.17) is 4.74 Å². The number of ether oxygens (including phenoxy) is 1. The molecule has 1 N–H and O–H groups in total. The molecule has 0 saturated heterocycles. The highest BCUT2D eigenvalue weighted by Crippen LogP contribution is 2.29. The number of benzene rings is 1. The topological polar surface area (TPSA) is 21.3 Å². The molecule has 0 aromatic heterocycles. The van der Waals surface area contributed by atoms with Crippen molar-refractivity contribution in [2.45, 2.75) is 58.7 Å². The van der Waals surface area contributed by atoms with Crippen LogP contribution in [-0.4, -0.2) is 12.6 Å². The highest BCUT2D eigenvalue weighted by atomic mass is 16.5. The second-order valence-corrected chi connectivity index (χ2v) is 5.99. The molecule has 1 aliphatic rings. The number of rotatable bonds is 8. The van der Waals surface area contributed by atoms with E-state index in [2.05, 4.69) is 43.4 Å². The van der Waals surface area contributed by atoms with Crippen molar-refractivity contribution in [2.24, 2.45) is 5.92 Å². The van der Waals surface area contributed by atoms with Gasteiger partial charge in [-0.25, -0.2) is 0 Å². The molecule has 1 saturated carbocycles. The molecule has 19 heavy (non-hydrogen) atoms. The van der Waals surface area contributed by atoms with E-state index < -0.39 is 0 Å². The average Bonchev–Trinajstić information content (AvgIpc) is 2.34. The first-order valence-corrected chi connectivity index (χ1v) is 7.63. The monoisotopic (exact) mass is 261 g/mol. The van der Waals surface area contributed by atoms with Crippen LogP contribution in [0.3, 0.4) is 0 Å². The third-order valence-corrected chi connectivity index (χ3v) is 3.87. The van der Waals surface area contributed by atoms with Crippen LogP contribution in [0, 0.1) is 5.92 Å². The summed E-state index contributed by atoms with van der Waals surface area (Å²) in [4.78, 5) is 0. The van der Waals surface area contributed by atoms with Crippen LogP contribution in [0.2, 0.25) is 0 Å². The first-order chi connectivity index (χ1) is 9.24. The lowest BCUT2D eigenvalue weighted by molar-refractivity contribution is 0.0949. The van der Waals surface area contributed by atoms with Gasteiger partial charge < -0.3 is 10.1 Å². The van der Waals surface area contributed by atoms with Crippen LogP contribution >= 0.6 is 0 Å². The summed E-state index contributed by atoms with van der Waals surface area (Å²) in [6.07, 6.45) is 5.50. The van der Waals surface area contributed by atoms with E-state index in [1.165, 1.54) is 36.8 Å². The van der Waals surface area contributed by atoms with Crippen LogP contribution in [0.25, 0.3) is 0 Å². The quantitative estimate of drug-likeness (QED) is 0.717. The second kappa shape index (κ2) is 7.66. The van der Waals surface area contributed by atoms with Gasteiger partial charge in [-0.05, 0) is 23.5 Å². The Hall–Kier alpha value is -0.860. The third kappa shape index (κ3) is 5.33. The Morgan fingerprint density at radius 1 is 1.26 bits per heavy atom. The van der Waals surface area contributed by atoms with Crippen LogP contribution < -0.4 is 5.32 Å². The van der Waals surface area contributed by atoms with Gasteiger partial charge in [0.25, 0.3) is 0 Å². The summed E-state index contributed by atoms with van der Waals surface area (Å²) in [6.45, 7) is 6.95. The van der Waals surface area contributed by atoms with Gasteiger partial charge in [-0.2, -0.15) is 0 Å². The van der Waals surface area contributed by atoms with Gasteiger partial charge in [0, 0.05) is 19.2 Å². The van der Waals surface area contributed by atoms with Crippen LogP contribution in [0.1, 0.15) is 50.7 Å². The average molecular weight is 261 g/mol. The van der Waals surface area contributed by atoms with Gasteiger partial charge in [-0.1, -0.05) is 57.4 Å². The summed E-state index contributed by atoms with van der Waals surface area (Å²) >= 11 is 0. The first-order valence-electron chi connectivity index (χ1n) is 7.63. The van der Waals surface area contributed by atoms with Gasteiger partial charge in [0.1, 0.15) is 0 Å². The Balaban J connectivity index is 1.68. The fourth-order valence-corrected chi connectivity index (χ4v) is 2.37. The molecule has 0 spiro atoms. The van der Waals surface area contributed by atoms with Crippen molar-refractivity contribution in [3.63, 3.8) is 0 Å². The lowest BCUT2D eigenvalue weighted by Gasteiger charge is -2.24. The van der Waals surface area contributed by atoms with Crippen LogP contribution in [0.15, 0.2) is 24.3 Å². The molecule has 0 aliphatic heterocycles. The smallest absolute Gasteiger partial charge is 0.0716 e. The van der Waals surface area contributed by atoms with Gasteiger partial charge in [0.15, 0.2) is 0 Å². The Labute approximate surface area is 117 Å². The van der Waals surface area contributed by atoms with Gasteiger partial charge >= 0.3 is 0 Å². The number of hydrogen-bond acceptors (Lipinski definition) is 2. The molecule has 1 aromatic rings. The van der Waals surface area contributed by atoms with Crippen molar-refractivity contribution in [1.29, 1.82) is 0 Å². The normalized spacial score (nSPS) is 15.7. The van der Waals surface area contributed by atoms with Gasteiger partial charge in [0.2, 0.25) is 0 Å². The maximum atomic E-state index is 5.79. The van der Waals surface area contributed by atoms with Crippen LogP contribution in [0.4, 0.5) is 0 Å². The molecule has 1 fully saturated rings. The Bertz CT molecular complexity index is 371. The fraction of sp³-hybridized carbons (Fsp3) is 0.647. The lowest BCUT2D eigenvalue weighted by atomic mass is 9.83. The van der Waals surface area contributed by atoms with Gasteiger partial charge in [-0.3, -0.25) is 0 Å². The SMILES string of the molecule is CC(C)NCc1cccc(COCCC2CCC2)c1. The van der Waals surface area contributed by atoms with Gasteiger partial charge in [-0.15, -0.1) is 0 Å². The summed E-state index contributed by atoms with van der Waals surface area (Å²) in [5.74, 6) is 0.946. The minimum atomic E-state index is 0.530. The molecule has 0 heterocycles. The largest absolute Gasteiger partial charge is 0.377 e. The van der Waals surface area contributed by atoms with E-state index in [9.17, 15) is 0 Å². The van der Waals surface area contributed by atoms with E-state index in [-0.39, 0.29) is 0 Å². The zero-order valence-electron chi connectivity index (χ0n) is 12.3. The Morgan fingerprint density at radius 3 is 2.74 bits per heavy atom. The summed E-state index contributed by atoms with van der Waals surface area (Å²) in [5, 5.41) is 3.45. The highest BCUT2D eigenvalue weighted by Gasteiger charge is 2.16. The Morgan fingerprint density at radius 2 is 2.05 bits per heavy atom. The predicted molar refractivity (Wildman–Crippen MR) is 80.0 cm³/mol. The van der Waals surface area contributed by atoms with E-state index in [0.29, 0.717) is 6.04 Å². The molecule has 0 amide bonds. The minimum absolute atomic E-state index is 0.530. The van der Waals surface area contributed by atoms with Crippen molar-refractivity contribution >= 4 is 0 Å². The molecule has 0 unspecified atom stereocenters. The maximum absolute atomic E-state index is 5.79. The summed E-state index contributed by atoms with van der Waals surface area (Å²) in [7, 11) is 0. The number of hydrogen-bond donors (Lipinski definition) is 1. The van der Waals surface area contributed by atoms with Crippen molar-refractivity contribution in [2.75, 3.05) is 6.61 Å². The summed E-state index contributed by atoms with van der Waals surface area (Å²) < 4.78 is 5.79. The zero-order valence-corrected chi connectivity index (χ0v) is 12.3. The van der Waals surface area contributed by atoms with Crippen LogP contribution in [-0.2, 0) is 17.9 Å². The van der Waals surface area contributed by atoms with Crippen molar-refractivity contribution < 1.29 is 4.74 Å². The van der Waals surface area contributed by atoms with E-state index in [0.717, 1.165) is 25.7 Å². The lowest BCUT2D eigenvalue weighted by Crippen LogP contribution is -2.21. The fourth-order valence-electron chi connectivity index (χ4n) is 2.37. The molecule has 0 bridgehead atoms. The van der Waals surface area contributed by atoms with Crippen LogP contribution in [0.5, 0.6) is 0 Å². The minimum Gasteiger partial charge on any atom is -0.377 e. The Kier molecular flexibility index (Phi) is 5.87. The molecular weight excluding hydrogens is 234 g/mol. The molecule has 1 aromatic carbocycles. The second-order valence-electron chi connectivity index (χ2n) is 5.99. The van der Waals surface area contributed by atoms with Crippen molar-refractivity contribution in [3.8, 4) is 0 Å². The predicted octanol–water partition coefficient (Wildman–Crippen LogP) is 3.89. The molecule has 1 aliphatic carbocycles. The molecule has 2 nitrogen and oxygen atoms in total. The van der Waals surface area contributed by atoms with Crippen molar-refractivity contribution in [1.82, 2.24) is 5.32 Å².